The molecule has 0 saturated heterocycles. The topological polar surface area (TPSA) is 34.1 Å². The predicted molar refractivity (Wildman–Crippen MR) is 71.6 cm³/mol. The molecule has 96 valence electrons. The van der Waals surface area contributed by atoms with Crippen molar-refractivity contribution in [1.82, 2.24) is 10.3 Å². The Morgan fingerprint density at radius 3 is 2.65 bits per heavy atom. The zero-order chi connectivity index (χ0) is 12.9. The summed E-state index contributed by atoms with van der Waals surface area (Å²) in [6.07, 6.45) is 0.906. The molecule has 1 N–H and O–H groups in total. The highest BCUT2D eigenvalue weighted by atomic mass is 16.5. The van der Waals surface area contributed by atoms with Gasteiger partial charge in [0.1, 0.15) is 5.75 Å². The third kappa shape index (κ3) is 4.35. The summed E-state index contributed by atoms with van der Waals surface area (Å²) < 4.78 is 5.90. The minimum absolute atomic E-state index is 0.130. The lowest BCUT2D eigenvalue weighted by atomic mass is 9.95. The lowest BCUT2D eigenvalue weighted by Gasteiger charge is -2.24. The van der Waals surface area contributed by atoms with Gasteiger partial charge in [-0.25, -0.2) is 0 Å². The van der Waals surface area contributed by atoms with Gasteiger partial charge < -0.3 is 10.1 Å². The first kappa shape index (κ1) is 14.0. The van der Waals surface area contributed by atoms with E-state index in [1.807, 2.05) is 26.1 Å². The van der Waals surface area contributed by atoms with Crippen LogP contribution in [0.25, 0.3) is 0 Å². The number of nitrogens with zero attached hydrogens (tertiary/aromatic N) is 1. The molecule has 3 heteroatoms. The molecule has 0 aromatic carbocycles. The molecule has 0 bridgehead atoms. The van der Waals surface area contributed by atoms with Crippen LogP contribution in [0, 0.1) is 12.3 Å². The van der Waals surface area contributed by atoms with E-state index in [9.17, 15) is 0 Å². The van der Waals surface area contributed by atoms with Crippen molar-refractivity contribution < 1.29 is 4.74 Å². The molecule has 0 aliphatic heterocycles. The number of ether oxygens (including phenoxy) is 1. The van der Waals surface area contributed by atoms with Crippen LogP contribution in [0.5, 0.6) is 5.75 Å². The maximum absolute atomic E-state index is 5.90. The van der Waals surface area contributed by atoms with Crippen LogP contribution in [0.4, 0.5) is 0 Å². The van der Waals surface area contributed by atoms with E-state index in [4.69, 9.17) is 4.74 Å². The predicted octanol–water partition coefficient (Wildman–Crippen LogP) is 2.58. The van der Waals surface area contributed by atoms with Crippen molar-refractivity contribution in [3.05, 3.63) is 23.5 Å². The summed E-state index contributed by atoms with van der Waals surface area (Å²) in [6, 6.07) is 4.02. The van der Waals surface area contributed by atoms with E-state index in [1.165, 1.54) is 0 Å². The Kier molecular flexibility index (Phi) is 4.94. The molecule has 0 aliphatic carbocycles. The molecule has 1 rings (SSSR count). The molecular formula is C14H24N2O. The fraction of sp³-hybridized carbons (Fsp3) is 0.643. The van der Waals surface area contributed by atoms with E-state index in [1.54, 1.807) is 0 Å². The molecule has 1 heterocycles. The van der Waals surface area contributed by atoms with Crippen molar-refractivity contribution >= 4 is 0 Å². The summed E-state index contributed by atoms with van der Waals surface area (Å²) in [4.78, 5) is 4.50. The zero-order valence-electron chi connectivity index (χ0n) is 11.6. The fourth-order valence-corrected chi connectivity index (χ4v) is 1.79. The minimum Gasteiger partial charge on any atom is -0.491 e. The molecule has 17 heavy (non-hydrogen) atoms. The molecule has 1 aromatic rings. The summed E-state index contributed by atoms with van der Waals surface area (Å²) in [6.45, 7) is 10.1. The average molecular weight is 236 g/mol. The lowest BCUT2D eigenvalue weighted by Crippen LogP contribution is -2.32. The molecule has 0 fully saturated rings. The van der Waals surface area contributed by atoms with E-state index < -0.39 is 0 Å². The summed E-state index contributed by atoms with van der Waals surface area (Å²) >= 11 is 0. The van der Waals surface area contributed by atoms with Crippen LogP contribution < -0.4 is 10.1 Å². The second-order valence-electron chi connectivity index (χ2n) is 5.23. The number of pyridine rings is 1. The van der Waals surface area contributed by atoms with Crippen molar-refractivity contribution in [3.8, 4) is 5.75 Å². The van der Waals surface area contributed by atoms with Crippen molar-refractivity contribution in [1.29, 1.82) is 0 Å². The molecule has 0 saturated carbocycles. The first-order valence-corrected chi connectivity index (χ1v) is 6.22. The number of aryl methyl sites for hydroxylation is 2. The van der Waals surface area contributed by atoms with Crippen LogP contribution >= 0.6 is 0 Å². The van der Waals surface area contributed by atoms with Gasteiger partial charge in [-0.1, -0.05) is 20.8 Å². The van der Waals surface area contributed by atoms with Gasteiger partial charge in [-0.05, 0) is 32.5 Å². The van der Waals surface area contributed by atoms with Crippen molar-refractivity contribution in [3.63, 3.8) is 0 Å². The number of aromatic nitrogens is 1. The second kappa shape index (κ2) is 6.01. The maximum atomic E-state index is 5.90. The monoisotopic (exact) mass is 236 g/mol. The molecule has 0 unspecified atom stereocenters. The van der Waals surface area contributed by atoms with Gasteiger partial charge in [0.15, 0.2) is 0 Å². The number of hydrogen-bond donors (Lipinski definition) is 1. The highest BCUT2D eigenvalue weighted by Gasteiger charge is 2.18. The molecule has 1 aromatic heterocycles. The first-order chi connectivity index (χ1) is 7.98. The quantitative estimate of drug-likeness (QED) is 0.824. The molecular weight excluding hydrogens is 212 g/mol. The first-order valence-electron chi connectivity index (χ1n) is 6.22. The summed E-state index contributed by atoms with van der Waals surface area (Å²) in [5.74, 6) is 0.919. The summed E-state index contributed by atoms with van der Waals surface area (Å²) in [5.41, 5.74) is 2.22. The van der Waals surface area contributed by atoms with Gasteiger partial charge in [0.05, 0.1) is 12.3 Å². The van der Waals surface area contributed by atoms with Gasteiger partial charge in [0.25, 0.3) is 0 Å². The summed E-state index contributed by atoms with van der Waals surface area (Å²) in [5, 5.41) is 3.19. The van der Waals surface area contributed by atoms with Crippen LogP contribution in [0.1, 0.15) is 32.2 Å². The van der Waals surface area contributed by atoms with Crippen LogP contribution in [0.15, 0.2) is 12.1 Å². The normalized spacial score (nSPS) is 11.6. The molecule has 3 nitrogen and oxygen atoms in total. The molecule has 0 atom stereocenters. The van der Waals surface area contributed by atoms with Gasteiger partial charge in [0, 0.05) is 17.7 Å². The van der Waals surface area contributed by atoms with Crippen LogP contribution in [0.2, 0.25) is 0 Å². The van der Waals surface area contributed by atoms with Gasteiger partial charge in [-0.15, -0.1) is 0 Å². The largest absolute Gasteiger partial charge is 0.491 e. The maximum Gasteiger partial charge on any atom is 0.140 e. The Bertz CT molecular complexity index is 361. The van der Waals surface area contributed by atoms with Crippen molar-refractivity contribution in [2.45, 2.75) is 34.1 Å². The second-order valence-corrected chi connectivity index (χ2v) is 5.23. The number of rotatable bonds is 6. The van der Waals surface area contributed by atoms with Gasteiger partial charge in [-0.3, -0.25) is 4.98 Å². The highest BCUT2D eigenvalue weighted by molar-refractivity contribution is 5.29. The SMILES string of the molecule is CCc1nc(C)ccc1OCC(C)(C)CNC. The van der Waals surface area contributed by atoms with Gasteiger partial charge >= 0.3 is 0 Å². The standard InChI is InChI=1S/C14H24N2O/c1-6-12-13(8-7-11(2)16-12)17-10-14(3,4)9-15-5/h7-8,15H,6,9-10H2,1-5H3. The van der Waals surface area contributed by atoms with Crippen molar-refractivity contribution in [2.75, 3.05) is 20.2 Å². The Morgan fingerprint density at radius 2 is 2.06 bits per heavy atom. The lowest BCUT2D eigenvalue weighted by molar-refractivity contribution is 0.177. The number of nitrogens with one attached hydrogen (secondary N) is 1. The van der Waals surface area contributed by atoms with Crippen LogP contribution in [-0.4, -0.2) is 25.2 Å². The Morgan fingerprint density at radius 1 is 1.35 bits per heavy atom. The third-order valence-electron chi connectivity index (χ3n) is 2.68. The average Bonchev–Trinajstić information content (AvgIpc) is 2.27. The van der Waals surface area contributed by atoms with Crippen molar-refractivity contribution in [2.24, 2.45) is 5.41 Å². The molecule has 0 amide bonds. The van der Waals surface area contributed by atoms with E-state index >= 15 is 0 Å². The Labute approximate surface area is 105 Å². The third-order valence-corrected chi connectivity index (χ3v) is 2.68. The van der Waals surface area contributed by atoms with E-state index in [-0.39, 0.29) is 5.41 Å². The highest BCUT2D eigenvalue weighted by Crippen LogP contribution is 2.21. The smallest absolute Gasteiger partial charge is 0.140 e. The molecule has 0 radical (unpaired) electrons. The zero-order valence-corrected chi connectivity index (χ0v) is 11.6. The minimum atomic E-state index is 0.130. The Balaban J connectivity index is 2.69. The fourth-order valence-electron chi connectivity index (χ4n) is 1.79. The van der Waals surface area contributed by atoms with Gasteiger partial charge in [0.2, 0.25) is 0 Å². The molecule has 0 aliphatic rings. The van der Waals surface area contributed by atoms with E-state index in [2.05, 4.69) is 31.1 Å². The van der Waals surface area contributed by atoms with Crippen LogP contribution in [0.3, 0.4) is 0 Å². The van der Waals surface area contributed by atoms with E-state index in [0.717, 1.165) is 30.1 Å². The molecule has 0 spiro atoms. The Hall–Kier alpha value is -1.09. The van der Waals surface area contributed by atoms with Crippen LogP contribution in [-0.2, 0) is 6.42 Å². The number of hydrogen-bond acceptors (Lipinski definition) is 3. The van der Waals surface area contributed by atoms with E-state index in [0.29, 0.717) is 6.61 Å². The summed E-state index contributed by atoms with van der Waals surface area (Å²) in [7, 11) is 1.96. The van der Waals surface area contributed by atoms with Gasteiger partial charge in [-0.2, -0.15) is 0 Å².